The van der Waals surface area contributed by atoms with Crippen LogP contribution in [0.4, 0.5) is 0 Å². The average Bonchev–Trinajstić information content (AvgIpc) is 2.47. The van der Waals surface area contributed by atoms with Crippen LogP contribution in [-0.4, -0.2) is 24.2 Å². The number of carbonyl (C=O) groups is 2. The van der Waals surface area contributed by atoms with Gasteiger partial charge in [0.05, 0.1) is 7.11 Å². The zero-order valence-corrected chi connectivity index (χ0v) is 13.7. The van der Waals surface area contributed by atoms with Crippen molar-refractivity contribution < 1.29 is 19.4 Å². The SMILES string of the molecule is COC(=O)C1(C(=O)O)CCC(C)CC1c1ccc(Br)cc1. The van der Waals surface area contributed by atoms with Gasteiger partial charge in [-0.1, -0.05) is 35.0 Å². The van der Waals surface area contributed by atoms with E-state index in [0.29, 0.717) is 25.2 Å². The first-order valence-corrected chi connectivity index (χ1v) is 7.78. The molecule has 0 aliphatic heterocycles. The zero-order valence-electron chi connectivity index (χ0n) is 12.1. The lowest BCUT2D eigenvalue weighted by atomic mass is 9.61. The van der Waals surface area contributed by atoms with E-state index >= 15 is 0 Å². The van der Waals surface area contributed by atoms with E-state index in [1.807, 2.05) is 24.3 Å². The molecule has 2 rings (SSSR count). The van der Waals surface area contributed by atoms with Crippen LogP contribution < -0.4 is 0 Å². The van der Waals surface area contributed by atoms with E-state index in [4.69, 9.17) is 4.74 Å². The summed E-state index contributed by atoms with van der Waals surface area (Å²) in [7, 11) is 1.25. The summed E-state index contributed by atoms with van der Waals surface area (Å²) in [6, 6.07) is 7.51. The molecule has 114 valence electrons. The molecule has 1 aliphatic rings. The molecule has 0 saturated heterocycles. The maximum Gasteiger partial charge on any atom is 0.323 e. The van der Waals surface area contributed by atoms with E-state index in [2.05, 4.69) is 22.9 Å². The number of hydrogen-bond acceptors (Lipinski definition) is 3. The third kappa shape index (κ3) is 2.84. The second-order valence-electron chi connectivity index (χ2n) is 5.75. The molecule has 1 N–H and O–H groups in total. The van der Waals surface area contributed by atoms with Gasteiger partial charge in [0.25, 0.3) is 0 Å². The van der Waals surface area contributed by atoms with Crippen molar-refractivity contribution in [3.8, 4) is 0 Å². The third-order valence-electron chi connectivity index (χ3n) is 4.47. The number of benzene rings is 1. The number of ether oxygens (including phenoxy) is 1. The minimum absolute atomic E-state index is 0.316. The van der Waals surface area contributed by atoms with Crippen LogP contribution in [0.15, 0.2) is 28.7 Å². The van der Waals surface area contributed by atoms with Crippen molar-refractivity contribution >= 4 is 27.9 Å². The first-order chi connectivity index (χ1) is 9.91. The molecule has 0 aromatic heterocycles. The molecule has 1 aliphatic carbocycles. The van der Waals surface area contributed by atoms with E-state index < -0.39 is 17.4 Å². The average molecular weight is 355 g/mol. The molecule has 5 heteroatoms. The van der Waals surface area contributed by atoms with Gasteiger partial charge in [0.2, 0.25) is 0 Å². The Kier molecular flexibility index (Phi) is 4.71. The Morgan fingerprint density at radius 3 is 2.48 bits per heavy atom. The quantitative estimate of drug-likeness (QED) is 0.665. The summed E-state index contributed by atoms with van der Waals surface area (Å²) in [4.78, 5) is 24.2. The maximum atomic E-state index is 12.3. The highest BCUT2D eigenvalue weighted by atomic mass is 79.9. The molecule has 0 radical (unpaired) electrons. The fourth-order valence-corrected chi connectivity index (χ4v) is 3.52. The highest BCUT2D eigenvalue weighted by Gasteiger charge is 2.56. The number of esters is 1. The van der Waals surface area contributed by atoms with Crippen LogP contribution in [0.25, 0.3) is 0 Å². The van der Waals surface area contributed by atoms with Crippen LogP contribution in [0, 0.1) is 11.3 Å². The summed E-state index contributed by atoms with van der Waals surface area (Å²) in [5, 5.41) is 9.75. The fraction of sp³-hybridized carbons (Fsp3) is 0.500. The summed E-state index contributed by atoms with van der Waals surface area (Å²) in [6.45, 7) is 2.09. The van der Waals surface area contributed by atoms with Crippen LogP contribution >= 0.6 is 15.9 Å². The van der Waals surface area contributed by atoms with Crippen LogP contribution in [0.5, 0.6) is 0 Å². The van der Waals surface area contributed by atoms with Crippen molar-refractivity contribution in [1.82, 2.24) is 0 Å². The molecule has 1 aromatic rings. The Morgan fingerprint density at radius 1 is 1.33 bits per heavy atom. The highest BCUT2D eigenvalue weighted by Crippen LogP contribution is 2.50. The number of carboxylic acid groups (broad SMARTS) is 1. The molecule has 1 fully saturated rings. The van der Waals surface area contributed by atoms with Gasteiger partial charge < -0.3 is 9.84 Å². The normalized spacial score (nSPS) is 28.9. The predicted octanol–water partition coefficient (Wildman–Crippen LogP) is 3.60. The first kappa shape index (κ1) is 16.0. The van der Waals surface area contributed by atoms with E-state index in [1.54, 1.807) is 0 Å². The van der Waals surface area contributed by atoms with E-state index in [1.165, 1.54) is 7.11 Å². The Labute approximate surface area is 132 Å². The van der Waals surface area contributed by atoms with Gasteiger partial charge in [-0.05, 0) is 42.9 Å². The predicted molar refractivity (Wildman–Crippen MR) is 82.0 cm³/mol. The Balaban J connectivity index is 2.51. The molecule has 3 unspecified atom stereocenters. The van der Waals surface area contributed by atoms with Crippen molar-refractivity contribution in [2.45, 2.75) is 32.1 Å². The Bertz CT molecular complexity index is 540. The van der Waals surface area contributed by atoms with Crippen molar-refractivity contribution in [2.24, 2.45) is 11.3 Å². The van der Waals surface area contributed by atoms with Gasteiger partial charge >= 0.3 is 11.9 Å². The Morgan fingerprint density at radius 2 is 1.95 bits per heavy atom. The number of hydrogen-bond donors (Lipinski definition) is 1. The molecular weight excluding hydrogens is 336 g/mol. The van der Waals surface area contributed by atoms with Crippen molar-refractivity contribution in [2.75, 3.05) is 7.11 Å². The minimum atomic E-state index is -1.48. The largest absolute Gasteiger partial charge is 0.480 e. The molecule has 4 nitrogen and oxygen atoms in total. The summed E-state index contributed by atoms with van der Waals surface area (Å²) < 4.78 is 5.76. The monoisotopic (exact) mass is 354 g/mol. The number of halogens is 1. The first-order valence-electron chi connectivity index (χ1n) is 6.99. The molecule has 1 aromatic carbocycles. The number of rotatable bonds is 3. The molecule has 0 heterocycles. The second kappa shape index (κ2) is 6.18. The smallest absolute Gasteiger partial charge is 0.323 e. The number of methoxy groups -OCH3 is 1. The molecular formula is C16H19BrO4. The summed E-state index contributed by atoms with van der Waals surface area (Å²) in [6.07, 6.45) is 1.70. The molecule has 0 amide bonds. The second-order valence-corrected chi connectivity index (χ2v) is 6.67. The number of carboxylic acids is 1. The van der Waals surface area contributed by atoms with Crippen molar-refractivity contribution in [3.63, 3.8) is 0 Å². The molecule has 3 atom stereocenters. The lowest BCUT2D eigenvalue weighted by molar-refractivity contribution is -0.172. The van der Waals surface area contributed by atoms with Crippen LogP contribution in [0.2, 0.25) is 0 Å². The van der Waals surface area contributed by atoms with Gasteiger partial charge in [-0.2, -0.15) is 0 Å². The molecule has 21 heavy (non-hydrogen) atoms. The third-order valence-corrected chi connectivity index (χ3v) is 5.00. The van der Waals surface area contributed by atoms with Gasteiger partial charge in [-0.3, -0.25) is 9.59 Å². The number of aliphatic carboxylic acids is 1. The summed E-state index contributed by atoms with van der Waals surface area (Å²) in [5.74, 6) is -1.71. The van der Waals surface area contributed by atoms with Crippen LogP contribution in [-0.2, 0) is 14.3 Å². The number of carbonyl (C=O) groups excluding carboxylic acids is 1. The van der Waals surface area contributed by atoms with Gasteiger partial charge in [-0.25, -0.2) is 0 Å². The van der Waals surface area contributed by atoms with E-state index in [9.17, 15) is 14.7 Å². The topological polar surface area (TPSA) is 63.6 Å². The van der Waals surface area contributed by atoms with Crippen LogP contribution in [0.1, 0.15) is 37.7 Å². The molecule has 0 bridgehead atoms. The molecule has 1 saturated carbocycles. The van der Waals surface area contributed by atoms with Gasteiger partial charge in [-0.15, -0.1) is 0 Å². The lowest BCUT2D eigenvalue weighted by Crippen LogP contribution is -2.48. The fourth-order valence-electron chi connectivity index (χ4n) is 3.26. The lowest BCUT2D eigenvalue weighted by Gasteiger charge is -2.41. The standard InChI is InChI=1S/C16H19BrO4/c1-10-7-8-16(14(18)19,15(20)21-2)13(9-10)11-3-5-12(17)6-4-11/h3-6,10,13H,7-9H2,1-2H3,(H,18,19). The van der Waals surface area contributed by atoms with E-state index in [0.717, 1.165) is 10.0 Å². The van der Waals surface area contributed by atoms with Crippen molar-refractivity contribution in [1.29, 1.82) is 0 Å². The highest BCUT2D eigenvalue weighted by molar-refractivity contribution is 9.10. The van der Waals surface area contributed by atoms with E-state index in [-0.39, 0.29) is 5.92 Å². The van der Waals surface area contributed by atoms with Gasteiger partial charge in [0.1, 0.15) is 0 Å². The Hall–Kier alpha value is -1.36. The molecule has 0 spiro atoms. The minimum Gasteiger partial charge on any atom is -0.480 e. The zero-order chi connectivity index (χ0) is 15.6. The van der Waals surface area contributed by atoms with Crippen LogP contribution in [0.3, 0.4) is 0 Å². The summed E-state index contributed by atoms with van der Waals surface area (Å²) >= 11 is 3.37. The van der Waals surface area contributed by atoms with Gasteiger partial charge in [0, 0.05) is 10.4 Å². The van der Waals surface area contributed by atoms with Crippen molar-refractivity contribution in [3.05, 3.63) is 34.3 Å². The maximum absolute atomic E-state index is 12.3. The van der Waals surface area contributed by atoms with Gasteiger partial charge in [0.15, 0.2) is 5.41 Å². The summed E-state index contributed by atoms with van der Waals surface area (Å²) in [5.41, 5.74) is -0.604.